The summed E-state index contributed by atoms with van der Waals surface area (Å²) in [5.41, 5.74) is 12.1. The number of Topliss-reactive ketones (excluding diaryl/α,β-unsaturated/α-hetero) is 1. The molecular formula is C28H34N6O2. The first kappa shape index (κ1) is 24.3. The van der Waals surface area contributed by atoms with Crippen LogP contribution < -0.4 is 10.6 Å². The minimum Gasteiger partial charge on any atom is -0.378 e. The van der Waals surface area contributed by atoms with Gasteiger partial charge < -0.3 is 15.4 Å². The van der Waals surface area contributed by atoms with E-state index in [4.69, 9.17) is 20.4 Å². The summed E-state index contributed by atoms with van der Waals surface area (Å²) in [7, 11) is 0. The van der Waals surface area contributed by atoms with Crippen molar-refractivity contribution in [3.05, 3.63) is 59.0 Å². The third-order valence-electron chi connectivity index (χ3n) is 7.52. The maximum Gasteiger partial charge on any atom is 0.226 e. The van der Waals surface area contributed by atoms with Crippen molar-refractivity contribution in [3.8, 4) is 11.3 Å². The van der Waals surface area contributed by atoms with Gasteiger partial charge in [-0.15, -0.1) is 0 Å². The summed E-state index contributed by atoms with van der Waals surface area (Å²) in [6.07, 6.45) is 7.58. The molecule has 5 rings (SSSR count). The van der Waals surface area contributed by atoms with Crippen LogP contribution in [-0.4, -0.2) is 52.0 Å². The average molecular weight is 487 g/mol. The lowest BCUT2D eigenvalue weighted by Crippen LogP contribution is -2.37. The van der Waals surface area contributed by atoms with E-state index in [1.54, 1.807) is 12.4 Å². The summed E-state index contributed by atoms with van der Waals surface area (Å²) in [4.78, 5) is 33.8. The van der Waals surface area contributed by atoms with Crippen molar-refractivity contribution in [1.29, 1.82) is 0 Å². The highest BCUT2D eigenvalue weighted by atomic mass is 16.5. The summed E-state index contributed by atoms with van der Waals surface area (Å²) in [6, 6.07) is 8.29. The molecule has 0 spiro atoms. The Kier molecular flexibility index (Phi) is 7.23. The highest BCUT2D eigenvalue weighted by molar-refractivity contribution is 5.85. The Bertz CT molecular complexity index is 1220. The van der Waals surface area contributed by atoms with Gasteiger partial charge in [-0.05, 0) is 36.8 Å². The highest BCUT2D eigenvalue weighted by Gasteiger charge is 2.31. The maximum atomic E-state index is 13.2. The molecule has 188 valence electrons. The molecule has 1 aromatic carbocycles. The zero-order valence-corrected chi connectivity index (χ0v) is 21.1. The Morgan fingerprint density at radius 2 is 1.92 bits per heavy atom. The number of hydrogen-bond acceptors (Lipinski definition) is 8. The van der Waals surface area contributed by atoms with E-state index >= 15 is 0 Å². The Morgan fingerprint density at radius 3 is 2.67 bits per heavy atom. The van der Waals surface area contributed by atoms with Crippen LogP contribution in [0.25, 0.3) is 11.3 Å². The van der Waals surface area contributed by atoms with E-state index in [9.17, 15) is 4.79 Å². The summed E-state index contributed by atoms with van der Waals surface area (Å²) < 4.78 is 5.53. The zero-order valence-electron chi connectivity index (χ0n) is 21.1. The number of nitrogens with zero attached hydrogens (tertiary/aromatic N) is 5. The van der Waals surface area contributed by atoms with Gasteiger partial charge in [0.15, 0.2) is 0 Å². The smallest absolute Gasteiger partial charge is 0.226 e. The molecule has 0 amide bonds. The first-order chi connectivity index (χ1) is 17.5. The van der Waals surface area contributed by atoms with Crippen molar-refractivity contribution in [2.75, 3.05) is 36.9 Å². The molecular weight excluding hydrogens is 452 g/mol. The van der Waals surface area contributed by atoms with Crippen LogP contribution in [0.1, 0.15) is 67.3 Å². The Morgan fingerprint density at radius 1 is 1.17 bits per heavy atom. The third-order valence-corrected chi connectivity index (χ3v) is 7.52. The number of benzene rings is 1. The Hall–Kier alpha value is -3.39. The van der Waals surface area contributed by atoms with Gasteiger partial charge in [0, 0.05) is 54.9 Å². The topological polar surface area (TPSA) is 107 Å². The van der Waals surface area contributed by atoms with E-state index in [1.807, 2.05) is 19.1 Å². The molecule has 1 saturated heterocycles. The number of ketones is 1. The fourth-order valence-corrected chi connectivity index (χ4v) is 5.40. The number of fused-ring (bicyclic) bond motifs is 1. The van der Waals surface area contributed by atoms with Crippen LogP contribution in [0.2, 0.25) is 0 Å². The van der Waals surface area contributed by atoms with Crippen LogP contribution in [0, 0.1) is 0 Å². The number of carbonyl (C=O) groups excluding carboxylic acids is 1. The molecule has 0 radical (unpaired) electrons. The van der Waals surface area contributed by atoms with Crippen molar-refractivity contribution in [2.45, 2.75) is 57.8 Å². The van der Waals surface area contributed by atoms with Crippen LogP contribution in [-0.2, 0) is 22.4 Å². The number of nitrogen functional groups attached to an aromatic ring is 1. The minimum absolute atomic E-state index is 0.0983. The number of hydrogen-bond donors (Lipinski definition) is 1. The molecule has 0 bridgehead atoms. The van der Waals surface area contributed by atoms with Gasteiger partial charge in [-0.2, -0.15) is 0 Å². The lowest BCUT2D eigenvalue weighted by atomic mass is 9.87. The Balaban J connectivity index is 1.40. The van der Waals surface area contributed by atoms with E-state index in [0.717, 1.165) is 66.9 Å². The van der Waals surface area contributed by atoms with Crippen LogP contribution >= 0.6 is 0 Å². The molecule has 1 aliphatic heterocycles. The van der Waals surface area contributed by atoms with Crippen molar-refractivity contribution in [3.63, 3.8) is 0 Å². The first-order valence-corrected chi connectivity index (χ1v) is 13.0. The van der Waals surface area contributed by atoms with Gasteiger partial charge in [-0.1, -0.05) is 38.1 Å². The monoisotopic (exact) mass is 486 g/mol. The SMILES string of the molecule is CCc1ccccc1[C@H](C)C(=O)CCC1CCc2c(-c3cnc(N)nc3)nc(N3CCOCC3)nc21. The lowest BCUT2D eigenvalue weighted by molar-refractivity contribution is -0.120. The molecule has 36 heavy (non-hydrogen) atoms. The van der Waals surface area contributed by atoms with Crippen molar-refractivity contribution >= 4 is 17.7 Å². The number of carbonyl (C=O) groups is 1. The fourth-order valence-electron chi connectivity index (χ4n) is 5.40. The van der Waals surface area contributed by atoms with Gasteiger partial charge >= 0.3 is 0 Å². The standard InChI is InChI=1S/C28H34N6O2/c1-3-19-6-4-5-7-22(19)18(2)24(35)11-9-20-8-10-23-25(20)32-28(34-12-14-36-15-13-34)33-26(23)21-16-30-27(29)31-17-21/h4-7,16-18,20H,3,8-15H2,1-2H3,(H2,29,30,31)/t18-,20?/m0/s1. The molecule has 1 aliphatic carbocycles. The average Bonchev–Trinajstić information content (AvgIpc) is 3.34. The number of nitrogens with two attached hydrogens (primary N) is 1. The number of ether oxygens (including phenoxy) is 1. The number of aryl methyl sites for hydroxylation is 1. The summed E-state index contributed by atoms with van der Waals surface area (Å²) in [6.45, 7) is 7.02. The largest absolute Gasteiger partial charge is 0.378 e. The first-order valence-electron chi connectivity index (χ1n) is 13.0. The number of aromatic nitrogens is 4. The van der Waals surface area contributed by atoms with Crippen LogP contribution in [0.5, 0.6) is 0 Å². The number of anilines is 2. The van der Waals surface area contributed by atoms with Gasteiger partial charge in [0.25, 0.3) is 0 Å². The molecule has 3 heterocycles. The normalized spacial score (nSPS) is 18.2. The second-order valence-corrected chi connectivity index (χ2v) is 9.68. The quantitative estimate of drug-likeness (QED) is 0.507. The fraction of sp³-hybridized carbons (Fsp3) is 0.464. The zero-order chi connectivity index (χ0) is 25.1. The lowest BCUT2D eigenvalue weighted by Gasteiger charge is -2.28. The van der Waals surface area contributed by atoms with Gasteiger partial charge in [-0.25, -0.2) is 19.9 Å². The van der Waals surface area contributed by atoms with Crippen LogP contribution in [0.15, 0.2) is 36.7 Å². The second kappa shape index (κ2) is 10.7. The molecule has 1 fully saturated rings. The van der Waals surface area contributed by atoms with E-state index < -0.39 is 0 Å². The molecule has 2 aromatic heterocycles. The highest BCUT2D eigenvalue weighted by Crippen LogP contribution is 2.41. The maximum absolute atomic E-state index is 13.2. The molecule has 8 nitrogen and oxygen atoms in total. The van der Waals surface area contributed by atoms with Crippen molar-refractivity contribution in [2.24, 2.45) is 0 Å². The van der Waals surface area contributed by atoms with Crippen LogP contribution in [0.4, 0.5) is 11.9 Å². The van der Waals surface area contributed by atoms with Crippen LogP contribution in [0.3, 0.4) is 0 Å². The Labute approximate surface area is 212 Å². The summed E-state index contributed by atoms with van der Waals surface area (Å²) in [5.74, 6) is 1.38. The van der Waals surface area contributed by atoms with Crippen molar-refractivity contribution < 1.29 is 9.53 Å². The van der Waals surface area contributed by atoms with E-state index in [1.165, 1.54) is 5.56 Å². The van der Waals surface area contributed by atoms with Gasteiger partial charge in [0.05, 0.1) is 24.6 Å². The summed E-state index contributed by atoms with van der Waals surface area (Å²) >= 11 is 0. The van der Waals surface area contributed by atoms with E-state index in [0.29, 0.717) is 31.4 Å². The predicted octanol–water partition coefficient (Wildman–Crippen LogP) is 4.10. The second-order valence-electron chi connectivity index (χ2n) is 9.68. The summed E-state index contributed by atoms with van der Waals surface area (Å²) in [5, 5.41) is 0. The molecule has 8 heteroatoms. The van der Waals surface area contributed by atoms with E-state index in [-0.39, 0.29) is 17.8 Å². The third kappa shape index (κ3) is 4.95. The minimum atomic E-state index is -0.0983. The van der Waals surface area contributed by atoms with Gasteiger partial charge in [0.1, 0.15) is 5.78 Å². The molecule has 1 unspecified atom stereocenters. The van der Waals surface area contributed by atoms with Crippen molar-refractivity contribution in [1.82, 2.24) is 19.9 Å². The van der Waals surface area contributed by atoms with E-state index in [2.05, 4.69) is 33.9 Å². The predicted molar refractivity (Wildman–Crippen MR) is 140 cm³/mol. The molecule has 0 saturated carbocycles. The molecule has 2 aliphatic rings. The molecule has 2 atom stereocenters. The number of rotatable bonds is 8. The molecule has 3 aromatic rings. The number of morpholine rings is 1. The van der Waals surface area contributed by atoms with Gasteiger partial charge in [-0.3, -0.25) is 4.79 Å². The van der Waals surface area contributed by atoms with Gasteiger partial charge in [0.2, 0.25) is 11.9 Å². The molecule has 2 N–H and O–H groups in total.